The van der Waals surface area contributed by atoms with Gasteiger partial charge in [0.05, 0.1) is 11.9 Å². The quantitative estimate of drug-likeness (QED) is 0.657. The molecule has 0 spiro atoms. The smallest absolute Gasteiger partial charge is 0.171 e. The fourth-order valence-electron chi connectivity index (χ4n) is 4.97. The van der Waals surface area contributed by atoms with E-state index in [1.807, 2.05) is 19.1 Å². The van der Waals surface area contributed by atoms with E-state index >= 15 is 0 Å². The second-order valence-corrected chi connectivity index (χ2v) is 8.80. The Morgan fingerprint density at radius 1 is 1.06 bits per heavy atom. The number of piperazine rings is 1. The molecule has 2 aliphatic rings. The van der Waals surface area contributed by atoms with E-state index in [0.717, 1.165) is 51.5 Å². The van der Waals surface area contributed by atoms with Crippen LogP contribution < -0.4 is 10.2 Å². The minimum atomic E-state index is 0.252. The van der Waals surface area contributed by atoms with E-state index in [2.05, 4.69) is 31.9 Å². The molecule has 0 aliphatic carbocycles. The number of hydrogen-bond donors (Lipinski definition) is 3. The highest BCUT2D eigenvalue weighted by atomic mass is 16.3. The van der Waals surface area contributed by atoms with Gasteiger partial charge in [-0.1, -0.05) is 12.1 Å². The van der Waals surface area contributed by atoms with Crippen LogP contribution in [0.25, 0.3) is 0 Å². The molecule has 0 saturated carbocycles. The SMILES string of the molecule is CCNc1cnc(N2CCN(C3CCN(Cc4ccc(O)cc4)CC3)C(C)C2)c(O)c1. The van der Waals surface area contributed by atoms with Crippen molar-refractivity contribution in [2.75, 3.05) is 49.5 Å². The molecule has 1 aromatic heterocycles. The summed E-state index contributed by atoms with van der Waals surface area (Å²) in [5, 5.41) is 23.1. The third-order valence-corrected chi connectivity index (χ3v) is 6.58. The van der Waals surface area contributed by atoms with Crippen molar-refractivity contribution in [2.45, 2.75) is 45.3 Å². The van der Waals surface area contributed by atoms with Gasteiger partial charge in [-0.25, -0.2) is 4.98 Å². The van der Waals surface area contributed by atoms with Gasteiger partial charge in [0.2, 0.25) is 0 Å². The summed E-state index contributed by atoms with van der Waals surface area (Å²) in [5.41, 5.74) is 2.11. The van der Waals surface area contributed by atoms with Gasteiger partial charge in [0.25, 0.3) is 0 Å². The standard InChI is InChI=1S/C24H35N5O2/c1-3-25-20-14-23(31)24(26-15-20)28-12-13-29(18(2)16-28)21-8-10-27(11-9-21)17-19-4-6-22(30)7-5-19/h4-7,14-15,18,21,25,30-31H,3,8-13,16-17H2,1-2H3. The molecular formula is C24H35N5O2. The van der Waals surface area contributed by atoms with Gasteiger partial charge in [0.15, 0.2) is 11.6 Å². The topological polar surface area (TPSA) is 75.1 Å². The molecule has 1 unspecified atom stereocenters. The number of benzene rings is 1. The second kappa shape index (κ2) is 9.75. The Morgan fingerprint density at radius 2 is 1.81 bits per heavy atom. The highest BCUT2D eigenvalue weighted by Gasteiger charge is 2.32. The molecule has 2 saturated heterocycles. The zero-order valence-electron chi connectivity index (χ0n) is 18.7. The molecule has 2 aliphatic heterocycles. The van der Waals surface area contributed by atoms with Crippen molar-refractivity contribution in [3.63, 3.8) is 0 Å². The zero-order valence-corrected chi connectivity index (χ0v) is 18.7. The van der Waals surface area contributed by atoms with E-state index in [1.165, 1.54) is 18.4 Å². The highest BCUT2D eigenvalue weighted by Crippen LogP contribution is 2.30. The Labute approximate surface area is 185 Å². The van der Waals surface area contributed by atoms with Gasteiger partial charge in [-0.05, 0) is 57.5 Å². The first-order valence-corrected chi connectivity index (χ1v) is 11.5. The number of nitrogens with zero attached hydrogens (tertiary/aromatic N) is 4. The molecule has 168 valence electrons. The zero-order chi connectivity index (χ0) is 21.8. The third-order valence-electron chi connectivity index (χ3n) is 6.58. The lowest BCUT2D eigenvalue weighted by Crippen LogP contribution is -2.57. The van der Waals surface area contributed by atoms with Crippen LogP contribution in [0.3, 0.4) is 0 Å². The molecule has 3 heterocycles. The summed E-state index contributed by atoms with van der Waals surface area (Å²) in [6, 6.07) is 10.4. The Balaban J connectivity index is 1.29. The number of aromatic nitrogens is 1. The Bertz CT molecular complexity index is 852. The van der Waals surface area contributed by atoms with E-state index in [4.69, 9.17) is 0 Å². The normalized spacial score (nSPS) is 21.4. The molecule has 2 aromatic rings. The maximum atomic E-state index is 10.5. The average Bonchev–Trinajstić information content (AvgIpc) is 2.76. The van der Waals surface area contributed by atoms with Crippen molar-refractivity contribution in [1.29, 1.82) is 0 Å². The van der Waals surface area contributed by atoms with Crippen LogP contribution in [0.5, 0.6) is 11.5 Å². The second-order valence-electron chi connectivity index (χ2n) is 8.80. The van der Waals surface area contributed by atoms with Crippen molar-refractivity contribution in [3.05, 3.63) is 42.1 Å². The first-order valence-electron chi connectivity index (χ1n) is 11.5. The summed E-state index contributed by atoms with van der Waals surface area (Å²) in [6.45, 7) is 11.1. The monoisotopic (exact) mass is 425 g/mol. The van der Waals surface area contributed by atoms with E-state index < -0.39 is 0 Å². The van der Waals surface area contributed by atoms with Crippen LogP contribution in [-0.4, -0.2) is 76.3 Å². The first-order chi connectivity index (χ1) is 15.0. The van der Waals surface area contributed by atoms with Crippen LogP contribution in [0.1, 0.15) is 32.3 Å². The van der Waals surface area contributed by atoms with Crippen molar-refractivity contribution >= 4 is 11.5 Å². The van der Waals surface area contributed by atoms with Crippen LogP contribution >= 0.6 is 0 Å². The van der Waals surface area contributed by atoms with Gasteiger partial charge in [-0.15, -0.1) is 0 Å². The molecule has 3 N–H and O–H groups in total. The Kier molecular flexibility index (Phi) is 6.83. The van der Waals surface area contributed by atoms with Gasteiger partial charge >= 0.3 is 0 Å². The molecule has 0 radical (unpaired) electrons. The first kappa shape index (κ1) is 21.7. The number of nitrogens with one attached hydrogen (secondary N) is 1. The van der Waals surface area contributed by atoms with Crippen molar-refractivity contribution in [3.8, 4) is 11.5 Å². The van der Waals surface area contributed by atoms with Crippen molar-refractivity contribution < 1.29 is 10.2 Å². The van der Waals surface area contributed by atoms with Crippen LogP contribution in [-0.2, 0) is 6.54 Å². The number of anilines is 2. The molecule has 7 nitrogen and oxygen atoms in total. The predicted octanol–water partition coefficient (Wildman–Crippen LogP) is 3.10. The lowest BCUT2D eigenvalue weighted by molar-refractivity contribution is 0.0689. The average molecular weight is 426 g/mol. The fraction of sp³-hybridized carbons (Fsp3) is 0.542. The third kappa shape index (κ3) is 5.22. The maximum Gasteiger partial charge on any atom is 0.171 e. The summed E-state index contributed by atoms with van der Waals surface area (Å²) >= 11 is 0. The number of rotatable bonds is 6. The maximum absolute atomic E-state index is 10.5. The molecule has 7 heteroatoms. The number of phenols is 1. The number of hydrogen-bond acceptors (Lipinski definition) is 7. The Morgan fingerprint density at radius 3 is 2.45 bits per heavy atom. The molecule has 2 fully saturated rings. The van der Waals surface area contributed by atoms with Gasteiger partial charge in [-0.3, -0.25) is 9.80 Å². The number of likely N-dealkylation sites (tertiary alicyclic amines) is 1. The van der Waals surface area contributed by atoms with E-state index in [0.29, 0.717) is 23.7 Å². The summed E-state index contributed by atoms with van der Waals surface area (Å²) < 4.78 is 0. The summed E-state index contributed by atoms with van der Waals surface area (Å²) in [6.07, 6.45) is 4.17. The molecule has 1 atom stereocenters. The predicted molar refractivity (Wildman–Crippen MR) is 125 cm³/mol. The lowest BCUT2D eigenvalue weighted by atomic mass is 9.99. The summed E-state index contributed by atoms with van der Waals surface area (Å²) in [4.78, 5) is 11.9. The Hall–Kier alpha value is -2.51. The molecule has 0 amide bonds. The largest absolute Gasteiger partial charge is 0.508 e. The van der Waals surface area contributed by atoms with Crippen LogP contribution in [0.4, 0.5) is 11.5 Å². The number of pyridine rings is 1. The van der Waals surface area contributed by atoms with E-state index in [9.17, 15) is 10.2 Å². The fourth-order valence-corrected chi connectivity index (χ4v) is 4.97. The molecule has 1 aromatic carbocycles. The van der Waals surface area contributed by atoms with Crippen LogP contribution in [0.15, 0.2) is 36.5 Å². The molecule has 0 bridgehead atoms. The minimum absolute atomic E-state index is 0.252. The van der Waals surface area contributed by atoms with Gasteiger partial charge < -0.3 is 20.4 Å². The van der Waals surface area contributed by atoms with Crippen LogP contribution in [0.2, 0.25) is 0 Å². The number of aromatic hydroxyl groups is 2. The minimum Gasteiger partial charge on any atom is -0.508 e. The van der Waals surface area contributed by atoms with Crippen LogP contribution in [0, 0.1) is 0 Å². The molecule has 31 heavy (non-hydrogen) atoms. The van der Waals surface area contributed by atoms with E-state index in [1.54, 1.807) is 24.4 Å². The lowest BCUT2D eigenvalue weighted by Gasteiger charge is -2.46. The number of phenolic OH excluding ortho intramolecular Hbond substituents is 1. The number of piperidine rings is 1. The van der Waals surface area contributed by atoms with Gasteiger partial charge in [0.1, 0.15) is 5.75 Å². The summed E-state index contributed by atoms with van der Waals surface area (Å²) in [7, 11) is 0. The van der Waals surface area contributed by atoms with Gasteiger partial charge in [0, 0.05) is 50.9 Å². The van der Waals surface area contributed by atoms with Crippen molar-refractivity contribution in [2.24, 2.45) is 0 Å². The summed E-state index contributed by atoms with van der Waals surface area (Å²) in [5.74, 6) is 1.27. The molecular weight excluding hydrogens is 390 g/mol. The van der Waals surface area contributed by atoms with Gasteiger partial charge in [-0.2, -0.15) is 0 Å². The van der Waals surface area contributed by atoms with Crippen molar-refractivity contribution in [1.82, 2.24) is 14.8 Å². The highest BCUT2D eigenvalue weighted by molar-refractivity contribution is 5.59. The molecule has 4 rings (SSSR count). The van der Waals surface area contributed by atoms with E-state index in [-0.39, 0.29) is 5.75 Å².